The molecule has 1 N–H and O–H groups in total. The number of carboxylic acid groups (broad SMARTS) is 1. The van der Waals surface area contributed by atoms with Gasteiger partial charge in [-0.25, -0.2) is 4.79 Å². The van der Waals surface area contributed by atoms with E-state index in [9.17, 15) is 9.90 Å². The summed E-state index contributed by atoms with van der Waals surface area (Å²) in [5, 5.41) is 18.8. The minimum absolute atomic E-state index is 0.0202. The van der Waals surface area contributed by atoms with E-state index in [0.717, 1.165) is 19.3 Å². The molecule has 0 aromatic heterocycles. The molecule has 2 aliphatic rings. The van der Waals surface area contributed by atoms with Crippen molar-refractivity contribution in [3.63, 3.8) is 0 Å². The lowest BCUT2D eigenvalue weighted by Gasteiger charge is -2.56. The van der Waals surface area contributed by atoms with Crippen LogP contribution in [0.2, 0.25) is 0 Å². The fourth-order valence-electron chi connectivity index (χ4n) is 4.36. The van der Waals surface area contributed by atoms with Gasteiger partial charge in [-0.15, -0.1) is 6.58 Å². The maximum Gasteiger partial charge on any atom is 0.408 e. The van der Waals surface area contributed by atoms with E-state index >= 15 is 0 Å². The van der Waals surface area contributed by atoms with Gasteiger partial charge in [0, 0.05) is 17.9 Å². The molecule has 0 saturated carbocycles. The zero-order valence-corrected chi connectivity index (χ0v) is 12.6. The van der Waals surface area contributed by atoms with E-state index < -0.39 is 6.09 Å². The molecule has 2 rings (SSSR count). The highest BCUT2D eigenvalue weighted by Gasteiger charge is 2.62. The molecule has 1 amide bonds. The fraction of sp³-hybridized carbons (Fsp3) is 0.750. The fourth-order valence-corrected chi connectivity index (χ4v) is 4.36. The molecule has 2 saturated heterocycles. The minimum atomic E-state index is -0.822. The summed E-state index contributed by atoms with van der Waals surface area (Å²) >= 11 is 0. The maximum absolute atomic E-state index is 11.8. The van der Waals surface area contributed by atoms with E-state index in [-0.39, 0.29) is 22.4 Å². The third kappa shape index (κ3) is 1.91. The van der Waals surface area contributed by atoms with Crippen LogP contribution in [0.3, 0.4) is 0 Å². The lowest BCUT2D eigenvalue weighted by atomic mass is 9.60. The summed E-state index contributed by atoms with van der Waals surface area (Å²) < 4.78 is 0. The van der Waals surface area contributed by atoms with Crippen molar-refractivity contribution in [1.29, 1.82) is 5.26 Å². The number of hydrogen-bond acceptors (Lipinski definition) is 2. The van der Waals surface area contributed by atoms with Crippen LogP contribution in [0.5, 0.6) is 0 Å². The first-order valence-corrected chi connectivity index (χ1v) is 7.24. The summed E-state index contributed by atoms with van der Waals surface area (Å²) in [7, 11) is 0. The highest BCUT2D eigenvalue weighted by atomic mass is 16.4. The van der Waals surface area contributed by atoms with Crippen molar-refractivity contribution in [3.8, 4) is 6.07 Å². The van der Waals surface area contributed by atoms with Gasteiger partial charge in [-0.05, 0) is 31.1 Å². The molecule has 0 aromatic rings. The zero-order chi connectivity index (χ0) is 15.2. The third-order valence-corrected chi connectivity index (χ3v) is 5.47. The highest BCUT2D eigenvalue weighted by Crippen LogP contribution is 2.59. The molecule has 2 heterocycles. The Hall–Kier alpha value is -1.50. The molecule has 20 heavy (non-hydrogen) atoms. The van der Waals surface area contributed by atoms with E-state index in [0.29, 0.717) is 12.8 Å². The highest BCUT2D eigenvalue weighted by molar-refractivity contribution is 5.68. The predicted octanol–water partition coefficient (Wildman–Crippen LogP) is 3.79. The smallest absolute Gasteiger partial charge is 0.408 e. The molecule has 4 nitrogen and oxygen atoms in total. The summed E-state index contributed by atoms with van der Waals surface area (Å²) in [6.45, 7) is 10.3. The lowest BCUT2D eigenvalue weighted by Crippen LogP contribution is -2.63. The molecule has 3 atom stereocenters. The number of piperidine rings is 1. The first-order chi connectivity index (χ1) is 9.21. The van der Waals surface area contributed by atoms with Gasteiger partial charge in [-0.1, -0.05) is 26.8 Å². The normalized spacial score (nSPS) is 36.5. The molecule has 0 radical (unpaired) electrons. The Bertz CT molecular complexity index is 474. The van der Waals surface area contributed by atoms with Crippen LogP contribution in [-0.2, 0) is 0 Å². The quantitative estimate of drug-likeness (QED) is 0.780. The minimum Gasteiger partial charge on any atom is -0.465 e. The summed E-state index contributed by atoms with van der Waals surface area (Å²) in [4.78, 5) is 13.4. The Morgan fingerprint density at radius 1 is 1.60 bits per heavy atom. The summed E-state index contributed by atoms with van der Waals surface area (Å²) in [6, 6.07) is 2.29. The number of carbonyl (C=O) groups is 1. The average molecular weight is 276 g/mol. The second-order valence-electron chi connectivity index (χ2n) is 7.41. The van der Waals surface area contributed by atoms with Crippen LogP contribution < -0.4 is 0 Å². The van der Waals surface area contributed by atoms with Crippen molar-refractivity contribution in [3.05, 3.63) is 12.7 Å². The largest absolute Gasteiger partial charge is 0.465 e. The number of amides is 1. The first-order valence-electron chi connectivity index (χ1n) is 7.24. The van der Waals surface area contributed by atoms with Gasteiger partial charge in [0.15, 0.2) is 0 Å². The predicted molar refractivity (Wildman–Crippen MR) is 77.2 cm³/mol. The van der Waals surface area contributed by atoms with Gasteiger partial charge >= 0.3 is 6.09 Å². The summed E-state index contributed by atoms with van der Waals surface area (Å²) in [5.74, 6) is 0. The second-order valence-corrected chi connectivity index (χ2v) is 7.41. The third-order valence-electron chi connectivity index (χ3n) is 5.47. The summed E-state index contributed by atoms with van der Waals surface area (Å²) in [6.07, 6.45) is 4.72. The molecule has 4 heteroatoms. The maximum atomic E-state index is 11.8. The molecule has 2 bridgehead atoms. The standard InChI is InChI=1S/C16H24N2O2/c1-5-15(8-9-17)10-12-6-7-16(11-15,14(2,3)4)18(12)13(19)20/h5,12H,1,6-8,10-11H2,2-4H3,(H,19,20)/t12-,15+,16+/m0/s1. The van der Waals surface area contributed by atoms with Gasteiger partial charge in [0.1, 0.15) is 0 Å². The van der Waals surface area contributed by atoms with Crippen LogP contribution in [0.1, 0.15) is 52.9 Å². The van der Waals surface area contributed by atoms with Crippen molar-refractivity contribution < 1.29 is 9.90 Å². The molecule has 110 valence electrons. The number of hydrogen-bond donors (Lipinski definition) is 1. The molecular weight excluding hydrogens is 252 g/mol. The van der Waals surface area contributed by atoms with E-state index in [1.807, 2.05) is 6.08 Å². The second kappa shape index (κ2) is 4.51. The van der Waals surface area contributed by atoms with Crippen LogP contribution in [0.15, 0.2) is 12.7 Å². The van der Waals surface area contributed by atoms with Gasteiger partial charge in [0.2, 0.25) is 0 Å². The van der Waals surface area contributed by atoms with Crippen molar-refractivity contribution in [2.24, 2.45) is 10.8 Å². The number of nitrogens with zero attached hydrogens (tertiary/aromatic N) is 2. The molecular formula is C16H24N2O2. The SMILES string of the molecule is C=C[C@@]1(CC#N)C[C@@H]2CC[C@](C(C)(C)C)(C1)N2C(=O)O. The van der Waals surface area contributed by atoms with Crippen molar-refractivity contribution >= 4 is 6.09 Å². The Morgan fingerprint density at radius 2 is 2.25 bits per heavy atom. The Morgan fingerprint density at radius 3 is 2.70 bits per heavy atom. The van der Waals surface area contributed by atoms with Gasteiger partial charge in [0.25, 0.3) is 0 Å². The van der Waals surface area contributed by atoms with Crippen LogP contribution in [0.4, 0.5) is 4.79 Å². The number of allylic oxidation sites excluding steroid dienone is 1. The van der Waals surface area contributed by atoms with Crippen LogP contribution in [0.25, 0.3) is 0 Å². The molecule has 0 spiro atoms. The number of rotatable bonds is 2. The van der Waals surface area contributed by atoms with Gasteiger partial charge in [-0.3, -0.25) is 4.90 Å². The topological polar surface area (TPSA) is 64.3 Å². The van der Waals surface area contributed by atoms with Crippen molar-refractivity contribution in [2.45, 2.75) is 64.5 Å². The Balaban J connectivity index is 2.51. The van der Waals surface area contributed by atoms with Crippen molar-refractivity contribution in [1.82, 2.24) is 4.90 Å². The molecule has 2 fully saturated rings. The van der Waals surface area contributed by atoms with E-state index in [1.54, 1.807) is 4.90 Å². The monoisotopic (exact) mass is 276 g/mol. The average Bonchev–Trinajstić information content (AvgIpc) is 2.60. The Kier molecular flexibility index (Phi) is 3.36. The lowest BCUT2D eigenvalue weighted by molar-refractivity contribution is -0.0499. The molecule has 0 aromatic carbocycles. The molecule has 0 aliphatic carbocycles. The molecule has 2 aliphatic heterocycles. The van der Waals surface area contributed by atoms with Crippen LogP contribution >= 0.6 is 0 Å². The van der Waals surface area contributed by atoms with Crippen molar-refractivity contribution in [2.75, 3.05) is 0 Å². The first kappa shape index (κ1) is 14.9. The summed E-state index contributed by atoms with van der Waals surface area (Å²) in [5.41, 5.74) is -0.772. The van der Waals surface area contributed by atoms with Gasteiger partial charge < -0.3 is 5.11 Å². The van der Waals surface area contributed by atoms with Gasteiger partial charge in [-0.2, -0.15) is 5.26 Å². The zero-order valence-electron chi connectivity index (χ0n) is 12.6. The molecule has 0 unspecified atom stereocenters. The Labute approximate surface area is 121 Å². The number of fused-ring (bicyclic) bond motifs is 2. The van der Waals surface area contributed by atoms with Crippen LogP contribution in [-0.4, -0.2) is 27.7 Å². The van der Waals surface area contributed by atoms with E-state index in [2.05, 4.69) is 33.4 Å². The van der Waals surface area contributed by atoms with E-state index in [4.69, 9.17) is 5.26 Å². The van der Waals surface area contributed by atoms with Gasteiger partial charge in [0.05, 0.1) is 11.6 Å². The van der Waals surface area contributed by atoms with Crippen LogP contribution in [0, 0.1) is 22.2 Å². The number of nitriles is 1. The van der Waals surface area contributed by atoms with E-state index in [1.165, 1.54) is 0 Å².